The first-order chi connectivity index (χ1) is 52.2. The summed E-state index contributed by atoms with van der Waals surface area (Å²) in [6.07, 6.45) is 15.3. The maximum absolute atomic E-state index is 14.9. The molecule has 13 rings (SSSR count). The second kappa shape index (κ2) is 33.6. The highest BCUT2D eigenvalue weighted by molar-refractivity contribution is 5.96. The number of H-pyrrole nitrogens is 1. The quantitative estimate of drug-likeness (QED) is 0.0628. The predicted molar refractivity (Wildman–Crippen MR) is 416 cm³/mol. The number of pyridine rings is 2. The number of Topliss-reactive ketones (excluding diaryl/α,β-unsaturated/α-hetero) is 2. The average molecular weight is 1470 g/mol. The number of esters is 2. The maximum atomic E-state index is 14.9. The Kier molecular flexibility index (Phi) is 23.9. The Balaban J connectivity index is 0.000000216. The second-order valence-electron chi connectivity index (χ2n) is 30.9. The number of ether oxygens (including phenoxy) is 2. The summed E-state index contributed by atoms with van der Waals surface area (Å²) < 4.78 is 13.9. The molecule has 22 heteroatoms. The SMILES string of the molecule is CC(C)[C@@H]1CC(=O)C(C)(C)/C=C/c2ccc3ccc(nc3c2)[C@@H](C)OC(=O)[C@@H]2CCCN(N2)C(=O)[C@H](Cc2cn(C(c3ccccc3)(c3ccccc3)c3ccccc3)cn2)NC1=O.CC(C)[C@@H]1CC(=O)C(C)(C)/C=C/c2ccc3ccc(nc3c2)[C@@H](C)OC(=O)[C@@H]2CCCN(N2)C(=O)[C@H](Cc2cnc[nH]2)NC1=O. The van der Waals surface area contributed by atoms with Gasteiger partial charge in [0.2, 0.25) is 11.8 Å². The molecule has 4 aliphatic heterocycles. The van der Waals surface area contributed by atoms with E-state index in [-0.39, 0.29) is 55.0 Å². The van der Waals surface area contributed by atoms with E-state index in [1.807, 2.05) is 201 Å². The lowest BCUT2D eigenvalue weighted by atomic mass is 9.77. The van der Waals surface area contributed by atoms with Gasteiger partial charge in [0.25, 0.3) is 11.8 Å². The lowest BCUT2D eigenvalue weighted by Gasteiger charge is -2.37. The topological polar surface area (TPSA) is 282 Å². The van der Waals surface area contributed by atoms with Crippen molar-refractivity contribution in [2.45, 2.75) is 163 Å². The van der Waals surface area contributed by atoms with Crippen LogP contribution in [0.25, 0.3) is 34.0 Å². The van der Waals surface area contributed by atoms with Crippen LogP contribution >= 0.6 is 0 Å². The number of hydrogen-bond donors (Lipinski definition) is 5. The summed E-state index contributed by atoms with van der Waals surface area (Å²) in [5.41, 5.74) is 12.2. The van der Waals surface area contributed by atoms with Crippen LogP contribution in [0, 0.1) is 34.5 Å². The van der Waals surface area contributed by atoms with Gasteiger partial charge in [0, 0.05) is 90.3 Å². The van der Waals surface area contributed by atoms with E-state index in [2.05, 4.69) is 72.4 Å². The molecule has 0 aliphatic carbocycles. The minimum absolute atomic E-state index is 0.0161. The molecule has 8 heterocycles. The third kappa shape index (κ3) is 17.9. The van der Waals surface area contributed by atoms with Gasteiger partial charge in [-0.05, 0) is 131 Å². The van der Waals surface area contributed by atoms with E-state index in [0.717, 1.165) is 49.6 Å². The molecule has 4 amide bonds. The van der Waals surface area contributed by atoms with Gasteiger partial charge in [-0.25, -0.2) is 30.8 Å². The minimum Gasteiger partial charge on any atom is -0.455 e. The fraction of sp³-hybridized carbons (Fsp3) is 0.379. The summed E-state index contributed by atoms with van der Waals surface area (Å²) >= 11 is 0. The van der Waals surface area contributed by atoms with Crippen molar-refractivity contribution in [3.05, 3.63) is 239 Å². The fourth-order valence-corrected chi connectivity index (χ4v) is 14.6. The van der Waals surface area contributed by atoms with Crippen molar-refractivity contribution in [1.82, 2.24) is 61.0 Å². The Bertz CT molecular complexity index is 4750. The van der Waals surface area contributed by atoms with Crippen LogP contribution < -0.4 is 21.5 Å². The highest BCUT2D eigenvalue weighted by Crippen LogP contribution is 2.42. The van der Waals surface area contributed by atoms with Gasteiger partial charge in [-0.15, -0.1) is 0 Å². The summed E-state index contributed by atoms with van der Waals surface area (Å²) in [6.45, 7) is 19.2. The first kappa shape index (κ1) is 77.5. The molecule has 0 spiro atoms. The number of nitrogens with one attached hydrogen (secondary N) is 5. The number of amides is 4. The number of rotatable bonds is 10. The van der Waals surface area contributed by atoms with Crippen molar-refractivity contribution in [2.24, 2.45) is 34.5 Å². The van der Waals surface area contributed by atoms with Crippen LogP contribution in [0.4, 0.5) is 0 Å². The van der Waals surface area contributed by atoms with Crippen molar-refractivity contribution >= 4 is 81.1 Å². The normalized spacial score (nSPS) is 23.3. The molecule has 0 saturated carbocycles. The van der Waals surface area contributed by atoms with Crippen molar-refractivity contribution in [3.63, 3.8) is 0 Å². The number of cyclic esters (lactones) is 2. The van der Waals surface area contributed by atoms with E-state index in [4.69, 9.17) is 24.4 Å². The van der Waals surface area contributed by atoms with Crippen LogP contribution in [0.5, 0.6) is 0 Å². The Morgan fingerprint density at radius 3 is 1.38 bits per heavy atom. The van der Waals surface area contributed by atoms with Gasteiger partial charge in [-0.2, -0.15) is 0 Å². The summed E-state index contributed by atoms with van der Waals surface area (Å²) in [5.74, 6) is -4.54. The van der Waals surface area contributed by atoms with E-state index in [0.29, 0.717) is 61.5 Å². The fourth-order valence-electron chi connectivity index (χ4n) is 14.6. The third-order valence-electron chi connectivity index (χ3n) is 21.5. The number of aromatic amines is 1. The molecule has 10 bridgehead atoms. The molecule has 0 radical (unpaired) electrons. The first-order valence-electron chi connectivity index (χ1n) is 37.8. The molecule has 22 nitrogen and oxygen atoms in total. The number of fused-ring (bicyclic) bond motifs is 8. The highest BCUT2D eigenvalue weighted by atomic mass is 16.5. The summed E-state index contributed by atoms with van der Waals surface area (Å²) in [4.78, 5) is 133. The van der Waals surface area contributed by atoms with Gasteiger partial charge >= 0.3 is 11.9 Å². The van der Waals surface area contributed by atoms with E-state index in [9.17, 15) is 38.4 Å². The minimum atomic E-state index is -1.10. The first-order valence-corrected chi connectivity index (χ1v) is 37.8. The smallest absolute Gasteiger partial charge is 0.325 e. The standard InChI is InChI=1S/C53H56N6O5.C34H42N6O5/c1-35(2)43-32-48(60)52(4,5)28-27-37-23-24-38-25-26-44(55-46(38)30-37)36(3)64-51(63)45-22-15-29-59(57-45)50(62)47(56-49(43)61)31-42-33-58(34-54-42)53(39-16-9-6-10-17-39,40-18-11-7-12-19-40)41-20-13-8-14-21-41;1-20(2)25-17-30(41)34(4,5)13-12-22-8-9-23-10-11-26(37-28(23)15-22)21(3)45-33(44)27-7-6-14-40(39-27)32(43)29(38-31(25)42)16-24-18-35-19-36-24/h6-14,16-21,23-28,30,33-36,43,45,47,57H,15,22,29,31-32H2,1-5H3,(H,56,61);8-13,15,18-21,25,27,29,39H,6-7,14,16-17H2,1-5H3,(H,35,36)(H,38,42)/b28-27+;13-12+/t36-,43+,45+,47+;21-,25+,27+,29+/m11/s1. The average Bonchev–Trinajstić information content (AvgIpc) is 1.73. The highest BCUT2D eigenvalue weighted by Gasteiger charge is 2.43. The van der Waals surface area contributed by atoms with E-state index >= 15 is 0 Å². The lowest BCUT2D eigenvalue weighted by Crippen LogP contribution is -2.61. The lowest BCUT2D eigenvalue weighted by molar-refractivity contribution is -0.158. The number of carbonyl (C=O) groups is 8. The number of allylic oxidation sites excluding steroid dienone is 2. The zero-order chi connectivity index (χ0) is 77.3. The van der Waals surface area contributed by atoms with Crippen molar-refractivity contribution in [3.8, 4) is 0 Å². The van der Waals surface area contributed by atoms with Crippen LogP contribution in [-0.4, -0.2) is 124 Å². The van der Waals surface area contributed by atoms with Crippen LogP contribution in [0.3, 0.4) is 0 Å². The van der Waals surface area contributed by atoms with Gasteiger partial charge in [0.15, 0.2) is 0 Å². The molecule has 8 atom stereocenters. The molecule has 109 heavy (non-hydrogen) atoms. The second-order valence-corrected chi connectivity index (χ2v) is 30.9. The summed E-state index contributed by atoms with van der Waals surface area (Å²) in [6, 6.07) is 46.4. The number of hydrazine groups is 2. The number of hydrogen-bond acceptors (Lipinski definition) is 16. The number of ketones is 2. The molecular formula is C87H98N12O10. The van der Waals surface area contributed by atoms with Crippen LogP contribution in [0.1, 0.15) is 171 Å². The number of benzene rings is 5. The number of imidazole rings is 2. The molecule has 5 aromatic carbocycles. The summed E-state index contributed by atoms with van der Waals surface area (Å²) in [7, 11) is 0. The van der Waals surface area contributed by atoms with E-state index in [1.54, 1.807) is 26.4 Å². The Labute approximate surface area is 636 Å². The molecule has 4 aromatic heterocycles. The molecule has 2 fully saturated rings. The Morgan fingerprint density at radius 2 is 0.963 bits per heavy atom. The zero-order valence-corrected chi connectivity index (χ0v) is 63.6. The summed E-state index contributed by atoms with van der Waals surface area (Å²) in [5, 5.41) is 10.7. The number of nitrogens with zero attached hydrogens (tertiary/aromatic N) is 7. The van der Waals surface area contributed by atoms with E-state index in [1.165, 1.54) is 16.3 Å². The molecule has 0 unspecified atom stereocenters. The van der Waals surface area contributed by atoms with Gasteiger partial charge in [0.1, 0.15) is 53.5 Å². The molecule has 5 N–H and O–H groups in total. The van der Waals surface area contributed by atoms with Crippen molar-refractivity contribution in [2.75, 3.05) is 13.1 Å². The van der Waals surface area contributed by atoms with Gasteiger partial charge < -0.3 is 29.7 Å². The maximum Gasteiger partial charge on any atom is 0.325 e. The van der Waals surface area contributed by atoms with Crippen molar-refractivity contribution in [1.29, 1.82) is 0 Å². The number of carbonyl (C=O) groups excluding carboxylic acids is 8. The molecule has 566 valence electrons. The Hall–Kier alpha value is -11.1. The zero-order valence-electron chi connectivity index (χ0n) is 63.6. The van der Waals surface area contributed by atoms with Crippen LogP contribution in [0.2, 0.25) is 0 Å². The van der Waals surface area contributed by atoms with Gasteiger partial charge in [0.05, 0.1) is 40.8 Å². The van der Waals surface area contributed by atoms with Gasteiger partial charge in [-0.3, -0.25) is 48.4 Å². The number of aromatic nitrogens is 6. The Morgan fingerprint density at radius 1 is 0.541 bits per heavy atom. The largest absolute Gasteiger partial charge is 0.455 e. The molecule has 9 aromatic rings. The van der Waals surface area contributed by atoms with Gasteiger partial charge in [-0.1, -0.05) is 179 Å². The third-order valence-corrected chi connectivity index (χ3v) is 21.5. The van der Waals surface area contributed by atoms with E-state index < -0.39 is 94.2 Å². The molecular weight excluding hydrogens is 1370 g/mol. The predicted octanol–water partition coefficient (Wildman–Crippen LogP) is 12.5. The van der Waals surface area contributed by atoms with Crippen molar-refractivity contribution < 1.29 is 47.8 Å². The molecule has 4 aliphatic rings. The molecule has 2 saturated heterocycles. The monoisotopic (exact) mass is 1470 g/mol. The van der Waals surface area contributed by atoms with Crippen LogP contribution in [0.15, 0.2) is 189 Å². The van der Waals surface area contributed by atoms with Crippen LogP contribution in [-0.2, 0) is 66.2 Å².